The summed E-state index contributed by atoms with van der Waals surface area (Å²) < 4.78 is 11.3. The molecule has 0 heterocycles. The van der Waals surface area contributed by atoms with Crippen molar-refractivity contribution in [2.75, 3.05) is 19.8 Å². The molecule has 0 aliphatic heterocycles. The fraction of sp³-hybridized carbons (Fsp3) is 0.500. The predicted octanol–water partition coefficient (Wildman–Crippen LogP) is 3.16. The number of hydrogen-bond acceptors (Lipinski definition) is 3. The van der Waals surface area contributed by atoms with Gasteiger partial charge in [-0.15, -0.1) is 0 Å². The molecule has 1 aromatic rings. The highest BCUT2D eigenvalue weighted by atomic mass is 16.5. The summed E-state index contributed by atoms with van der Waals surface area (Å²) in [4.78, 5) is 0. The molecule has 3 nitrogen and oxygen atoms in total. The molecule has 3 heteroatoms. The van der Waals surface area contributed by atoms with Gasteiger partial charge in [0.25, 0.3) is 0 Å². The highest BCUT2D eigenvalue weighted by Gasteiger charge is 2.08. The largest absolute Gasteiger partial charge is 0.490 e. The number of nitrogens with one attached hydrogen (secondary N) is 1. The molecule has 0 spiro atoms. The van der Waals surface area contributed by atoms with E-state index >= 15 is 0 Å². The topological polar surface area (TPSA) is 30.5 Å². The number of rotatable bonds is 7. The Hall–Kier alpha value is -1.48. The van der Waals surface area contributed by atoms with E-state index in [0.717, 1.165) is 24.5 Å². The van der Waals surface area contributed by atoms with Crippen molar-refractivity contribution in [3.63, 3.8) is 0 Å². The molecule has 0 fully saturated rings. The van der Waals surface area contributed by atoms with E-state index in [1.165, 1.54) is 12.8 Å². The fourth-order valence-electron chi connectivity index (χ4n) is 2.25. The molecule has 1 aliphatic carbocycles. The molecular weight excluding hydrogens is 238 g/mol. The minimum atomic E-state index is 0.607. The minimum Gasteiger partial charge on any atom is -0.490 e. The first kappa shape index (κ1) is 13.9. The summed E-state index contributed by atoms with van der Waals surface area (Å²) in [6, 6.07) is 8.43. The second-order valence-electron chi connectivity index (χ2n) is 4.66. The van der Waals surface area contributed by atoms with Crippen LogP contribution in [0.25, 0.3) is 0 Å². The predicted molar refractivity (Wildman–Crippen MR) is 77.9 cm³/mol. The molecule has 0 amide bonds. The Bertz CT molecular complexity index is 403. The number of hydrogen-bond donors (Lipinski definition) is 1. The number of ether oxygens (including phenoxy) is 2. The van der Waals surface area contributed by atoms with Gasteiger partial charge < -0.3 is 14.8 Å². The third-order valence-corrected chi connectivity index (χ3v) is 3.21. The Morgan fingerprint density at radius 1 is 1.16 bits per heavy atom. The molecular formula is C16H23NO2. The van der Waals surface area contributed by atoms with Gasteiger partial charge in [-0.1, -0.05) is 24.3 Å². The second kappa shape index (κ2) is 7.85. The SMILES string of the molecule is CCOc1ccccc1OCCNC1CC=CCC1. The van der Waals surface area contributed by atoms with E-state index in [-0.39, 0.29) is 0 Å². The molecule has 0 radical (unpaired) electrons. The zero-order valence-corrected chi connectivity index (χ0v) is 11.6. The Morgan fingerprint density at radius 2 is 1.95 bits per heavy atom. The Morgan fingerprint density at radius 3 is 2.63 bits per heavy atom. The van der Waals surface area contributed by atoms with Crippen molar-refractivity contribution in [1.29, 1.82) is 0 Å². The van der Waals surface area contributed by atoms with Crippen LogP contribution in [0.1, 0.15) is 26.2 Å². The molecule has 1 N–H and O–H groups in total. The molecule has 0 aromatic heterocycles. The summed E-state index contributed by atoms with van der Waals surface area (Å²) in [6.45, 7) is 4.19. The molecule has 19 heavy (non-hydrogen) atoms. The lowest BCUT2D eigenvalue weighted by atomic mass is 10.0. The van der Waals surface area contributed by atoms with E-state index in [4.69, 9.17) is 9.47 Å². The van der Waals surface area contributed by atoms with Gasteiger partial charge in [0.2, 0.25) is 0 Å². The molecule has 1 unspecified atom stereocenters. The summed E-state index contributed by atoms with van der Waals surface area (Å²) >= 11 is 0. The van der Waals surface area contributed by atoms with Crippen molar-refractivity contribution in [3.05, 3.63) is 36.4 Å². The van der Waals surface area contributed by atoms with Gasteiger partial charge in [-0.3, -0.25) is 0 Å². The van der Waals surface area contributed by atoms with Gasteiger partial charge in [0.1, 0.15) is 6.61 Å². The fourth-order valence-corrected chi connectivity index (χ4v) is 2.25. The molecule has 104 valence electrons. The van der Waals surface area contributed by atoms with Gasteiger partial charge in [0.15, 0.2) is 11.5 Å². The number of para-hydroxylation sites is 2. The van der Waals surface area contributed by atoms with Gasteiger partial charge in [-0.2, -0.15) is 0 Å². The smallest absolute Gasteiger partial charge is 0.161 e. The van der Waals surface area contributed by atoms with Crippen molar-refractivity contribution in [1.82, 2.24) is 5.32 Å². The van der Waals surface area contributed by atoms with Gasteiger partial charge in [-0.25, -0.2) is 0 Å². The van der Waals surface area contributed by atoms with E-state index in [1.807, 2.05) is 31.2 Å². The van der Waals surface area contributed by atoms with E-state index in [2.05, 4.69) is 17.5 Å². The zero-order chi connectivity index (χ0) is 13.3. The van der Waals surface area contributed by atoms with Gasteiger partial charge in [0, 0.05) is 12.6 Å². The quantitative estimate of drug-likeness (QED) is 0.604. The third-order valence-electron chi connectivity index (χ3n) is 3.21. The van der Waals surface area contributed by atoms with Crippen molar-refractivity contribution in [2.24, 2.45) is 0 Å². The first-order valence-corrected chi connectivity index (χ1v) is 7.13. The third kappa shape index (κ3) is 4.60. The van der Waals surface area contributed by atoms with Gasteiger partial charge in [0.05, 0.1) is 6.61 Å². The van der Waals surface area contributed by atoms with Crippen molar-refractivity contribution in [3.8, 4) is 11.5 Å². The Kier molecular flexibility index (Phi) is 5.76. The van der Waals surface area contributed by atoms with Crippen LogP contribution in [0, 0.1) is 0 Å². The van der Waals surface area contributed by atoms with Crippen LogP contribution in [0.5, 0.6) is 11.5 Å². The molecule has 1 aliphatic rings. The highest BCUT2D eigenvalue weighted by molar-refractivity contribution is 5.39. The van der Waals surface area contributed by atoms with Gasteiger partial charge in [-0.05, 0) is 38.3 Å². The van der Waals surface area contributed by atoms with Crippen LogP contribution in [-0.2, 0) is 0 Å². The van der Waals surface area contributed by atoms with Crippen LogP contribution >= 0.6 is 0 Å². The summed E-state index contributed by atoms with van der Waals surface area (Å²) in [6.07, 6.45) is 8.06. The van der Waals surface area contributed by atoms with Crippen LogP contribution < -0.4 is 14.8 Å². The number of benzene rings is 1. The van der Waals surface area contributed by atoms with Crippen molar-refractivity contribution < 1.29 is 9.47 Å². The number of allylic oxidation sites excluding steroid dienone is 1. The average molecular weight is 261 g/mol. The maximum absolute atomic E-state index is 5.78. The molecule has 0 saturated heterocycles. The lowest BCUT2D eigenvalue weighted by molar-refractivity contribution is 0.270. The molecule has 1 aromatic carbocycles. The monoisotopic (exact) mass is 261 g/mol. The van der Waals surface area contributed by atoms with Crippen LogP contribution in [0.15, 0.2) is 36.4 Å². The first-order valence-electron chi connectivity index (χ1n) is 7.13. The molecule has 0 saturated carbocycles. The van der Waals surface area contributed by atoms with Crippen molar-refractivity contribution in [2.45, 2.75) is 32.2 Å². The normalized spacial score (nSPS) is 18.3. The lowest BCUT2D eigenvalue weighted by Gasteiger charge is -2.19. The molecule has 1 atom stereocenters. The maximum atomic E-state index is 5.78. The van der Waals surface area contributed by atoms with E-state index in [0.29, 0.717) is 19.3 Å². The molecule has 2 rings (SSSR count). The summed E-state index contributed by atoms with van der Waals surface area (Å²) in [7, 11) is 0. The average Bonchev–Trinajstić information content (AvgIpc) is 2.47. The maximum Gasteiger partial charge on any atom is 0.161 e. The Labute approximate surface area is 115 Å². The van der Waals surface area contributed by atoms with Gasteiger partial charge >= 0.3 is 0 Å². The zero-order valence-electron chi connectivity index (χ0n) is 11.6. The van der Waals surface area contributed by atoms with Crippen LogP contribution in [0.2, 0.25) is 0 Å². The van der Waals surface area contributed by atoms with E-state index < -0.39 is 0 Å². The standard InChI is InChI=1S/C16H23NO2/c1-2-18-15-10-6-7-11-16(15)19-13-12-17-14-8-4-3-5-9-14/h3-4,6-7,10-11,14,17H,2,5,8-9,12-13H2,1H3. The van der Waals surface area contributed by atoms with Crippen LogP contribution in [-0.4, -0.2) is 25.8 Å². The lowest BCUT2D eigenvalue weighted by Crippen LogP contribution is -2.33. The highest BCUT2D eigenvalue weighted by Crippen LogP contribution is 2.26. The first-order chi connectivity index (χ1) is 9.40. The summed E-state index contributed by atoms with van der Waals surface area (Å²) in [5.41, 5.74) is 0. The minimum absolute atomic E-state index is 0.607. The second-order valence-corrected chi connectivity index (χ2v) is 4.66. The van der Waals surface area contributed by atoms with Crippen LogP contribution in [0.3, 0.4) is 0 Å². The summed E-state index contributed by atoms with van der Waals surface area (Å²) in [5.74, 6) is 1.65. The summed E-state index contributed by atoms with van der Waals surface area (Å²) in [5, 5.41) is 3.53. The van der Waals surface area contributed by atoms with Crippen LogP contribution in [0.4, 0.5) is 0 Å². The van der Waals surface area contributed by atoms with E-state index in [1.54, 1.807) is 0 Å². The molecule has 0 bridgehead atoms. The Balaban J connectivity index is 1.71. The van der Waals surface area contributed by atoms with E-state index in [9.17, 15) is 0 Å². The van der Waals surface area contributed by atoms with Crippen molar-refractivity contribution >= 4 is 0 Å².